The van der Waals surface area contributed by atoms with E-state index in [1.54, 1.807) is 9.47 Å². The number of pyridine rings is 1. The second-order valence-electron chi connectivity index (χ2n) is 14.7. The second kappa shape index (κ2) is 19.2. The lowest BCUT2D eigenvalue weighted by Crippen LogP contribution is -2.56. The summed E-state index contributed by atoms with van der Waals surface area (Å²) in [4.78, 5) is 55.6. The Bertz CT molecular complexity index is 1560. The molecule has 51 heavy (non-hydrogen) atoms. The molecule has 2 aliphatic rings. The average Bonchev–Trinajstić information content (AvgIpc) is 3.20. The van der Waals surface area contributed by atoms with Gasteiger partial charge in [0.1, 0.15) is 17.2 Å². The quantitative estimate of drug-likeness (QED) is 0.0839. The van der Waals surface area contributed by atoms with Crippen molar-refractivity contribution in [1.82, 2.24) is 14.8 Å². The molecule has 1 N–H and O–H groups in total. The number of amides is 2. The van der Waals surface area contributed by atoms with Gasteiger partial charge in [-0.2, -0.15) is 0 Å². The number of halogens is 2. The topological polar surface area (TPSA) is 107 Å². The van der Waals surface area contributed by atoms with Crippen molar-refractivity contribution >= 4 is 17.8 Å². The molecule has 3 atom stereocenters. The standard InChI is InChI=1S/C40H57F2N3O6/c1-5-6-7-8-9-10-11-12-13-14-15-16-17-18-34(46)50-27-51-37-35-39(49)44-26-40(4,28(2)19-20-29(44)3)45(35)25-32(36(37)47)38(48)43-24-30-21-22-31(41)23-33(30)42/h21-23,25,28-29H,5-20,24,26-27H2,1-4H3,(H,43,48). The van der Waals surface area contributed by atoms with Crippen LogP contribution in [0.5, 0.6) is 5.75 Å². The second-order valence-corrected chi connectivity index (χ2v) is 14.7. The maximum absolute atomic E-state index is 14.3. The van der Waals surface area contributed by atoms with E-state index >= 15 is 0 Å². The molecule has 2 bridgehead atoms. The van der Waals surface area contributed by atoms with Crippen LogP contribution < -0.4 is 15.5 Å². The fourth-order valence-corrected chi connectivity index (χ4v) is 7.28. The molecule has 0 aliphatic carbocycles. The van der Waals surface area contributed by atoms with E-state index < -0.39 is 47.2 Å². The van der Waals surface area contributed by atoms with Gasteiger partial charge < -0.3 is 24.3 Å². The zero-order valence-corrected chi connectivity index (χ0v) is 31.0. The van der Waals surface area contributed by atoms with Crippen molar-refractivity contribution in [2.75, 3.05) is 13.3 Å². The highest BCUT2D eigenvalue weighted by Crippen LogP contribution is 2.41. The lowest BCUT2D eigenvalue weighted by molar-refractivity contribution is -0.150. The van der Waals surface area contributed by atoms with Crippen molar-refractivity contribution in [2.24, 2.45) is 5.92 Å². The van der Waals surface area contributed by atoms with E-state index in [-0.39, 0.29) is 47.5 Å². The Morgan fingerprint density at radius 2 is 1.55 bits per heavy atom. The summed E-state index contributed by atoms with van der Waals surface area (Å²) >= 11 is 0. The van der Waals surface area contributed by atoms with Gasteiger partial charge in [-0.15, -0.1) is 0 Å². The molecular weight excluding hydrogens is 656 g/mol. The van der Waals surface area contributed by atoms with E-state index in [1.165, 1.54) is 70.1 Å². The van der Waals surface area contributed by atoms with Gasteiger partial charge in [0, 0.05) is 43.4 Å². The molecule has 0 radical (unpaired) electrons. The van der Waals surface area contributed by atoms with Crippen LogP contribution in [0, 0.1) is 17.6 Å². The average molecular weight is 714 g/mol. The van der Waals surface area contributed by atoms with Crippen LogP contribution in [-0.2, 0) is 21.6 Å². The maximum atomic E-state index is 14.3. The van der Waals surface area contributed by atoms with Gasteiger partial charge in [0.2, 0.25) is 18.0 Å². The van der Waals surface area contributed by atoms with Crippen molar-refractivity contribution in [3.63, 3.8) is 0 Å². The van der Waals surface area contributed by atoms with E-state index in [4.69, 9.17) is 9.47 Å². The minimum absolute atomic E-state index is 0.00280. The summed E-state index contributed by atoms with van der Waals surface area (Å²) in [5.41, 5.74) is -1.78. The summed E-state index contributed by atoms with van der Waals surface area (Å²) in [5.74, 6) is -3.57. The van der Waals surface area contributed by atoms with Crippen LogP contribution in [-0.4, -0.2) is 46.6 Å². The molecule has 11 heteroatoms. The zero-order valence-electron chi connectivity index (χ0n) is 31.0. The first-order valence-corrected chi connectivity index (χ1v) is 19.1. The predicted octanol–water partition coefficient (Wildman–Crippen LogP) is 8.41. The van der Waals surface area contributed by atoms with Crippen molar-refractivity contribution in [3.8, 4) is 5.75 Å². The van der Waals surface area contributed by atoms with Gasteiger partial charge in [-0.3, -0.25) is 19.2 Å². The Balaban J connectivity index is 1.38. The van der Waals surface area contributed by atoms with E-state index in [0.717, 1.165) is 38.2 Å². The minimum Gasteiger partial charge on any atom is -0.451 e. The number of hydrogen-bond donors (Lipinski definition) is 1. The summed E-state index contributed by atoms with van der Waals surface area (Å²) < 4.78 is 40.5. The molecule has 3 heterocycles. The molecule has 0 saturated carbocycles. The zero-order chi connectivity index (χ0) is 37.0. The van der Waals surface area contributed by atoms with E-state index in [2.05, 4.69) is 19.2 Å². The summed E-state index contributed by atoms with van der Waals surface area (Å²) in [6, 6.07) is 2.93. The molecule has 1 saturated heterocycles. The third-order valence-corrected chi connectivity index (χ3v) is 10.9. The lowest BCUT2D eigenvalue weighted by atomic mass is 9.82. The van der Waals surface area contributed by atoms with Crippen LogP contribution in [0.15, 0.2) is 29.2 Å². The molecule has 9 nitrogen and oxygen atoms in total. The molecular formula is C40H57F2N3O6. The van der Waals surface area contributed by atoms with Crippen LogP contribution in [0.25, 0.3) is 0 Å². The first-order valence-electron chi connectivity index (χ1n) is 19.1. The van der Waals surface area contributed by atoms with E-state index in [9.17, 15) is 28.0 Å². The Kier molecular flexibility index (Phi) is 15.1. The summed E-state index contributed by atoms with van der Waals surface area (Å²) in [7, 11) is 0. The molecule has 2 aliphatic heterocycles. The Morgan fingerprint density at radius 1 is 0.922 bits per heavy atom. The molecule has 2 aromatic rings. The Hall–Kier alpha value is -3.76. The number of carbonyl (C=O) groups is 3. The van der Waals surface area contributed by atoms with Crippen molar-refractivity contribution in [2.45, 2.75) is 149 Å². The number of hydrogen-bond acceptors (Lipinski definition) is 6. The highest BCUT2D eigenvalue weighted by atomic mass is 19.1. The first kappa shape index (κ1) is 40.0. The summed E-state index contributed by atoms with van der Waals surface area (Å²) in [6.45, 7) is 7.75. The maximum Gasteiger partial charge on any atom is 0.308 e. The van der Waals surface area contributed by atoms with Gasteiger partial charge in [0.25, 0.3) is 11.8 Å². The molecule has 1 fully saturated rings. The Morgan fingerprint density at radius 3 is 2.18 bits per heavy atom. The summed E-state index contributed by atoms with van der Waals surface area (Å²) in [6.07, 6.45) is 18.7. The Labute approximate surface area is 301 Å². The smallest absolute Gasteiger partial charge is 0.308 e. The highest BCUT2D eigenvalue weighted by molar-refractivity contribution is 5.99. The van der Waals surface area contributed by atoms with Crippen molar-refractivity contribution < 1.29 is 32.6 Å². The summed E-state index contributed by atoms with van der Waals surface area (Å²) in [5, 5.41) is 2.54. The molecule has 2 amide bonds. The third-order valence-electron chi connectivity index (χ3n) is 10.9. The van der Waals surface area contributed by atoms with Crippen LogP contribution in [0.4, 0.5) is 8.78 Å². The number of fused-ring (bicyclic) bond motifs is 4. The molecule has 4 rings (SSSR count). The highest BCUT2D eigenvalue weighted by Gasteiger charge is 2.48. The number of rotatable bonds is 20. The number of benzene rings is 1. The molecule has 0 spiro atoms. The van der Waals surface area contributed by atoms with E-state index in [0.29, 0.717) is 19.0 Å². The monoisotopic (exact) mass is 713 g/mol. The number of aromatic nitrogens is 1. The minimum atomic E-state index is -0.844. The predicted molar refractivity (Wildman–Crippen MR) is 193 cm³/mol. The van der Waals surface area contributed by atoms with Gasteiger partial charge in [0.05, 0.1) is 5.54 Å². The SMILES string of the molecule is CCCCCCCCCCCCCCCC(=O)OCOc1c2n(cc(C(=O)NCc3ccc(F)cc3F)c1=O)C1(C)CN(C2=O)C(C)CCC1C. The lowest BCUT2D eigenvalue weighted by Gasteiger charge is -2.46. The van der Waals surface area contributed by atoms with Gasteiger partial charge >= 0.3 is 5.97 Å². The van der Waals surface area contributed by atoms with Gasteiger partial charge in [-0.25, -0.2) is 8.78 Å². The van der Waals surface area contributed by atoms with Gasteiger partial charge in [0.15, 0.2) is 5.69 Å². The number of carbonyl (C=O) groups excluding carboxylic acids is 3. The van der Waals surface area contributed by atoms with Crippen LogP contribution in [0.1, 0.15) is 157 Å². The van der Waals surface area contributed by atoms with Gasteiger partial charge in [-0.1, -0.05) is 97.0 Å². The van der Waals surface area contributed by atoms with Crippen LogP contribution in [0.2, 0.25) is 0 Å². The van der Waals surface area contributed by atoms with Crippen molar-refractivity contribution in [1.29, 1.82) is 0 Å². The van der Waals surface area contributed by atoms with Crippen molar-refractivity contribution in [3.05, 3.63) is 63.1 Å². The van der Waals surface area contributed by atoms with Gasteiger partial charge in [-0.05, 0) is 45.1 Å². The number of nitrogens with one attached hydrogen (secondary N) is 1. The third kappa shape index (κ3) is 10.4. The normalized spacial score (nSPS) is 19.7. The molecule has 282 valence electrons. The largest absolute Gasteiger partial charge is 0.451 e. The molecule has 1 aromatic heterocycles. The first-order chi connectivity index (χ1) is 24.5. The molecule has 1 aromatic carbocycles. The fourth-order valence-electron chi connectivity index (χ4n) is 7.28. The van der Waals surface area contributed by atoms with E-state index in [1.807, 2.05) is 13.8 Å². The number of unbranched alkanes of at least 4 members (excludes halogenated alkanes) is 12. The number of ether oxygens (including phenoxy) is 2. The fraction of sp³-hybridized carbons (Fsp3) is 0.650. The van der Waals surface area contributed by atoms with Crippen LogP contribution in [0.3, 0.4) is 0 Å². The molecule has 3 unspecified atom stereocenters. The number of esters is 1. The number of nitrogens with zero attached hydrogens (tertiary/aromatic N) is 2. The van der Waals surface area contributed by atoms with Crippen LogP contribution >= 0.6 is 0 Å².